The first-order valence-corrected chi connectivity index (χ1v) is 7.59. The van der Waals surface area contributed by atoms with E-state index in [0.29, 0.717) is 5.82 Å². The van der Waals surface area contributed by atoms with Crippen LogP contribution in [0.3, 0.4) is 0 Å². The smallest absolute Gasteiger partial charge is 0.230 e. The molecule has 1 aromatic heterocycles. The summed E-state index contributed by atoms with van der Waals surface area (Å²) in [4.78, 5) is 4.03. The highest BCUT2D eigenvalue weighted by molar-refractivity contribution is 7.92. The molecule has 0 saturated heterocycles. The zero-order valence-corrected chi connectivity index (χ0v) is 11.3. The van der Waals surface area contributed by atoms with Crippen molar-refractivity contribution in [3.8, 4) is 0 Å². The molecule has 2 aromatic rings. The molecule has 5 heteroatoms. The molecular weight excluding hydrogens is 260 g/mol. The summed E-state index contributed by atoms with van der Waals surface area (Å²) in [5.41, 5.74) is 2.00. The van der Waals surface area contributed by atoms with E-state index >= 15 is 0 Å². The van der Waals surface area contributed by atoms with Gasteiger partial charge in [-0.3, -0.25) is 4.72 Å². The van der Waals surface area contributed by atoms with E-state index in [1.54, 1.807) is 18.3 Å². The van der Waals surface area contributed by atoms with Crippen LogP contribution in [0.4, 0.5) is 5.82 Å². The van der Waals surface area contributed by atoms with Crippen LogP contribution in [-0.2, 0) is 10.0 Å². The second kappa shape index (κ2) is 5.67. The molecule has 98 valence electrons. The van der Waals surface area contributed by atoms with Gasteiger partial charge in [0, 0.05) is 6.20 Å². The molecule has 2 rings (SSSR count). The molecule has 0 radical (unpaired) electrons. The van der Waals surface area contributed by atoms with Crippen molar-refractivity contribution in [1.82, 2.24) is 4.98 Å². The number of hydrogen-bond donors (Lipinski definition) is 1. The Bertz CT molecular complexity index is 662. The molecule has 0 aliphatic heterocycles. The fourth-order valence-corrected chi connectivity index (χ4v) is 2.01. The van der Waals surface area contributed by atoms with Crippen molar-refractivity contribution in [1.29, 1.82) is 0 Å². The Morgan fingerprint density at radius 2 is 1.68 bits per heavy atom. The monoisotopic (exact) mass is 274 g/mol. The molecule has 1 N–H and O–H groups in total. The Morgan fingerprint density at radius 3 is 2.26 bits per heavy atom. The molecule has 0 saturated carbocycles. The van der Waals surface area contributed by atoms with Crippen molar-refractivity contribution in [2.24, 2.45) is 0 Å². The van der Waals surface area contributed by atoms with Gasteiger partial charge in [0.1, 0.15) is 5.82 Å². The molecule has 1 aromatic carbocycles. The molecule has 0 aliphatic carbocycles. The third kappa shape index (κ3) is 4.56. The van der Waals surface area contributed by atoms with Gasteiger partial charge in [-0.1, -0.05) is 42.5 Å². The highest BCUT2D eigenvalue weighted by Gasteiger charge is 2.01. The standard InChI is InChI=1S/C14H14N2O2S/c1-19(17,18)16-14-10-9-13(11-15-14)8-7-12-5-3-2-4-6-12/h2-11H,1H3,(H,15,16)/b8-7+. The third-order valence-corrected chi connectivity index (χ3v) is 2.92. The molecule has 0 spiro atoms. The van der Waals surface area contributed by atoms with Crippen LogP contribution < -0.4 is 4.72 Å². The van der Waals surface area contributed by atoms with Gasteiger partial charge in [-0.2, -0.15) is 0 Å². The fraction of sp³-hybridized carbons (Fsp3) is 0.0714. The van der Waals surface area contributed by atoms with Gasteiger partial charge in [-0.25, -0.2) is 13.4 Å². The van der Waals surface area contributed by atoms with E-state index < -0.39 is 10.0 Å². The van der Waals surface area contributed by atoms with Crippen molar-refractivity contribution >= 4 is 28.0 Å². The minimum Gasteiger partial charge on any atom is -0.268 e. The second-order valence-electron chi connectivity index (χ2n) is 4.10. The Labute approximate surface area is 112 Å². The molecule has 0 unspecified atom stereocenters. The number of rotatable bonds is 4. The van der Waals surface area contributed by atoms with E-state index in [1.165, 1.54) is 0 Å². The van der Waals surface area contributed by atoms with E-state index in [-0.39, 0.29) is 0 Å². The second-order valence-corrected chi connectivity index (χ2v) is 5.84. The first kappa shape index (κ1) is 13.3. The van der Waals surface area contributed by atoms with Crippen molar-refractivity contribution in [3.63, 3.8) is 0 Å². The molecule has 0 bridgehead atoms. The van der Waals surface area contributed by atoms with Gasteiger partial charge in [0.25, 0.3) is 0 Å². The molecule has 4 nitrogen and oxygen atoms in total. The first-order chi connectivity index (χ1) is 9.03. The molecular formula is C14H14N2O2S. The number of aromatic nitrogens is 1. The third-order valence-electron chi connectivity index (χ3n) is 2.34. The number of anilines is 1. The molecule has 1 heterocycles. The summed E-state index contributed by atoms with van der Waals surface area (Å²) in [6, 6.07) is 13.3. The van der Waals surface area contributed by atoms with Gasteiger partial charge in [-0.15, -0.1) is 0 Å². The largest absolute Gasteiger partial charge is 0.268 e. The lowest BCUT2D eigenvalue weighted by molar-refractivity contribution is 0.606. The molecule has 0 fully saturated rings. The number of hydrogen-bond acceptors (Lipinski definition) is 3. The van der Waals surface area contributed by atoms with Crippen molar-refractivity contribution in [2.45, 2.75) is 0 Å². The Morgan fingerprint density at radius 1 is 1.00 bits per heavy atom. The van der Waals surface area contributed by atoms with Gasteiger partial charge in [-0.05, 0) is 23.3 Å². The minimum atomic E-state index is -3.28. The van der Waals surface area contributed by atoms with Gasteiger partial charge in [0.2, 0.25) is 10.0 Å². The average molecular weight is 274 g/mol. The lowest BCUT2D eigenvalue weighted by atomic mass is 10.2. The van der Waals surface area contributed by atoms with Gasteiger partial charge in [0.15, 0.2) is 0 Å². The van der Waals surface area contributed by atoms with Crippen LogP contribution in [0.5, 0.6) is 0 Å². The van der Waals surface area contributed by atoms with Gasteiger partial charge in [0.05, 0.1) is 6.26 Å². The van der Waals surface area contributed by atoms with Crippen molar-refractivity contribution in [2.75, 3.05) is 11.0 Å². The number of benzene rings is 1. The zero-order chi connectivity index (χ0) is 13.7. The number of pyridine rings is 1. The van der Waals surface area contributed by atoms with E-state index in [9.17, 15) is 8.42 Å². The van der Waals surface area contributed by atoms with Crippen LogP contribution in [0.2, 0.25) is 0 Å². The topological polar surface area (TPSA) is 59.1 Å². The Hall–Kier alpha value is -2.14. The average Bonchev–Trinajstić information content (AvgIpc) is 2.37. The van der Waals surface area contributed by atoms with Crippen LogP contribution in [0.15, 0.2) is 48.7 Å². The maximum atomic E-state index is 11.0. The van der Waals surface area contributed by atoms with E-state index in [1.807, 2.05) is 42.5 Å². The number of sulfonamides is 1. The summed E-state index contributed by atoms with van der Waals surface area (Å²) in [6.07, 6.45) is 6.61. The van der Waals surface area contributed by atoms with E-state index in [4.69, 9.17) is 0 Å². The normalized spacial score (nSPS) is 11.6. The van der Waals surface area contributed by atoms with Crippen LogP contribution in [0.1, 0.15) is 11.1 Å². The number of nitrogens with one attached hydrogen (secondary N) is 1. The maximum Gasteiger partial charge on any atom is 0.230 e. The van der Waals surface area contributed by atoms with Gasteiger partial charge >= 0.3 is 0 Å². The quantitative estimate of drug-likeness (QED) is 0.932. The highest BCUT2D eigenvalue weighted by Crippen LogP contribution is 2.10. The van der Waals surface area contributed by atoms with Crippen LogP contribution in [0, 0.1) is 0 Å². The molecule has 0 amide bonds. The Kier molecular flexibility index (Phi) is 3.97. The number of nitrogens with zero attached hydrogens (tertiary/aromatic N) is 1. The SMILES string of the molecule is CS(=O)(=O)Nc1ccc(/C=C/c2ccccc2)cn1. The summed E-state index contributed by atoms with van der Waals surface area (Å²) >= 11 is 0. The van der Waals surface area contributed by atoms with E-state index in [2.05, 4.69) is 9.71 Å². The van der Waals surface area contributed by atoms with Gasteiger partial charge < -0.3 is 0 Å². The molecule has 19 heavy (non-hydrogen) atoms. The maximum absolute atomic E-state index is 11.0. The van der Waals surface area contributed by atoms with Crippen LogP contribution >= 0.6 is 0 Å². The zero-order valence-electron chi connectivity index (χ0n) is 10.4. The minimum absolute atomic E-state index is 0.319. The summed E-state index contributed by atoms with van der Waals surface area (Å²) in [5, 5.41) is 0. The van der Waals surface area contributed by atoms with Crippen molar-refractivity contribution in [3.05, 3.63) is 59.8 Å². The summed E-state index contributed by atoms with van der Waals surface area (Å²) in [6.45, 7) is 0. The lowest BCUT2D eigenvalue weighted by Crippen LogP contribution is -2.10. The lowest BCUT2D eigenvalue weighted by Gasteiger charge is -2.02. The fourth-order valence-electron chi connectivity index (χ4n) is 1.51. The van der Waals surface area contributed by atoms with E-state index in [0.717, 1.165) is 17.4 Å². The summed E-state index contributed by atoms with van der Waals surface area (Å²) in [5.74, 6) is 0.319. The Balaban J connectivity index is 2.09. The predicted molar refractivity (Wildman–Crippen MR) is 78.1 cm³/mol. The highest BCUT2D eigenvalue weighted by atomic mass is 32.2. The molecule has 0 atom stereocenters. The first-order valence-electron chi connectivity index (χ1n) is 5.70. The molecule has 0 aliphatic rings. The van der Waals surface area contributed by atoms with Crippen LogP contribution in [0.25, 0.3) is 12.2 Å². The summed E-state index contributed by atoms with van der Waals surface area (Å²) in [7, 11) is -3.28. The predicted octanol–water partition coefficient (Wildman–Crippen LogP) is 2.62. The van der Waals surface area contributed by atoms with Crippen molar-refractivity contribution < 1.29 is 8.42 Å². The van der Waals surface area contributed by atoms with Crippen LogP contribution in [-0.4, -0.2) is 19.7 Å². The summed E-state index contributed by atoms with van der Waals surface area (Å²) < 4.78 is 24.4.